The first-order valence-electron chi connectivity index (χ1n) is 7.58. The zero-order valence-electron chi connectivity index (χ0n) is 13.2. The Kier molecular flexibility index (Phi) is 5.81. The molecule has 0 amide bonds. The molecule has 2 nitrogen and oxygen atoms in total. The van der Waals surface area contributed by atoms with Crippen molar-refractivity contribution < 1.29 is 39.5 Å². The van der Waals surface area contributed by atoms with E-state index in [9.17, 15) is 39.5 Å². The molecule has 1 heterocycles. The Morgan fingerprint density at radius 1 is 0.808 bits per heavy atom. The van der Waals surface area contributed by atoms with Gasteiger partial charge in [0, 0.05) is 32.2 Å². The SMILES string of the molecule is FC(F)(F)C[C@@H](c1cc(C(F)(F)F)cc(C(F)(F)F)c1)N1CCNCC1. The molecule has 0 aliphatic carbocycles. The summed E-state index contributed by atoms with van der Waals surface area (Å²) in [5, 5.41) is 2.87. The Labute approximate surface area is 143 Å². The number of hydrogen-bond donors (Lipinski definition) is 1. The van der Waals surface area contributed by atoms with E-state index >= 15 is 0 Å². The van der Waals surface area contributed by atoms with Crippen LogP contribution in [-0.2, 0) is 12.4 Å². The minimum atomic E-state index is -5.11. The van der Waals surface area contributed by atoms with E-state index in [0.29, 0.717) is 25.2 Å². The fourth-order valence-corrected chi connectivity index (χ4v) is 2.84. The summed E-state index contributed by atoms with van der Waals surface area (Å²) < 4.78 is 117. The largest absolute Gasteiger partial charge is 0.416 e. The molecule has 26 heavy (non-hydrogen) atoms. The number of hydrogen-bond acceptors (Lipinski definition) is 2. The lowest BCUT2D eigenvalue weighted by molar-refractivity contribution is -0.149. The topological polar surface area (TPSA) is 15.3 Å². The van der Waals surface area contributed by atoms with Crippen molar-refractivity contribution in [1.29, 1.82) is 0 Å². The maximum Gasteiger partial charge on any atom is 0.416 e. The third-order valence-electron chi connectivity index (χ3n) is 4.01. The second-order valence-electron chi connectivity index (χ2n) is 5.96. The quantitative estimate of drug-likeness (QED) is 0.753. The first kappa shape index (κ1) is 20.8. The molecule has 148 valence electrons. The van der Waals surface area contributed by atoms with Gasteiger partial charge >= 0.3 is 18.5 Å². The molecule has 1 aromatic carbocycles. The second kappa shape index (κ2) is 7.26. The summed E-state index contributed by atoms with van der Waals surface area (Å²) in [6, 6.07) is -0.978. The molecule has 11 heteroatoms. The first-order chi connectivity index (χ1) is 11.8. The van der Waals surface area contributed by atoms with Crippen molar-refractivity contribution in [3.05, 3.63) is 34.9 Å². The molecule has 1 aromatic rings. The van der Waals surface area contributed by atoms with Crippen molar-refractivity contribution in [2.75, 3.05) is 26.2 Å². The first-order valence-corrected chi connectivity index (χ1v) is 7.58. The molecule has 0 radical (unpaired) electrons. The van der Waals surface area contributed by atoms with E-state index in [4.69, 9.17) is 0 Å². The Morgan fingerprint density at radius 3 is 1.65 bits per heavy atom. The van der Waals surface area contributed by atoms with Crippen LogP contribution in [-0.4, -0.2) is 37.3 Å². The number of rotatable bonds is 3. The van der Waals surface area contributed by atoms with Gasteiger partial charge in [-0.2, -0.15) is 39.5 Å². The predicted molar refractivity (Wildman–Crippen MR) is 74.3 cm³/mol. The Morgan fingerprint density at radius 2 is 1.27 bits per heavy atom. The van der Waals surface area contributed by atoms with E-state index in [2.05, 4.69) is 5.32 Å². The van der Waals surface area contributed by atoms with Gasteiger partial charge in [-0.3, -0.25) is 4.90 Å². The summed E-state index contributed by atoms with van der Waals surface area (Å²) in [5.41, 5.74) is -3.89. The van der Waals surface area contributed by atoms with Crippen molar-refractivity contribution in [3.63, 3.8) is 0 Å². The predicted octanol–water partition coefficient (Wildman–Crippen LogP) is 4.62. The number of alkyl halides is 9. The average molecular weight is 394 g/mol. The summed E-state index contributed by atoms with van der Waals surface area (Å²) in [6.07, 6.45) is -16.5. The molecular weight excluding hydrogens is 379 g/mol. The maximum absolute atomic E-state index is 13.0. The summed E-state index contributed by atoms with van der Waals surface area (Å²) in [5.74, 6) is 0. The van der Waals surface area contributed by atoms with Gasteiger partial charge in [-0.1, -0.05) is 0 Å². The molecule has 1 fully saturated rings. The van der Waals surface area contributed by atoms with Gasteiger partial charge in [0.15, 0.2) is 0 Å². The lowest BCUT2D eigenvalue weighted by Gasteiger charge is -2.36. The summed E-state index contributed by atoms with van der Waals surface area (Å²) in [7, 11) is 0. The smallest absolute Gasteiger partial charge is 0.314 e. The average Bonchev–Trinajstić information content (AvgIpc) is 2.50. The van der Waals surface area contributed by atoms with Crippen LogP contribution in [0.25, 0.3) is 0 Å². The van der Waals surface area contributed by atoms with Crippen LogP contribution in [0.15, 0.2) is 18.2 Å². The highest BCUT2D eigenvalue weighted by Gasteiger charge is 2.40. The highest BCUT2D eigenvalue weighted by molar-refractivity contribution is 5.35. The fourth-order valence-electron chi connectivity index (χ4n) is 2.84. The Hall–Kier alpha value is -1.49. The van der Waals surface area contributed by atoms with Crippen molar-refractivity contribution in [1.82, 2.24) is 10.2 Å². The van der Waals surface area contributed by atoms with Gasteiger partial charge in [-0.15, -0.1) is 0 Å². The normalized spacial score (nSPS) is 18.8. The van der Waals surface area contributed by atoms with Gasteiger partial charge in [0.25, 0.3) is 0 Å². The van der Waals surface area contributed by atoms with Crippen LogP contribution in [0.1, 0.15) is 29.2 Å². The third kappa shape index (κ3) is 5.50. The number of piperazine rings is 1. The van der Waals surface area contributed by atoms with Gasteiger partial charge in [0.1, 0.15) is 0 Å². The molecule has 0 bridgehead atoms. The van der Waals surface area contributed by atoms with Crippen LogP contribution < -0.4 is 5.32 Å². The molecule has 0 saturated carbocycles. The van der Waals surface area contributed by atoms with Crippen LogP contribution >= 0.6 is 0 Å². The van der Waals surface area contributed by atoms with E-state index < -0.39 is 47.7 Å². The maximum atomic E-state index is 13.0. The lowest BCUT2D eigenvalue weighted by atomic mass is 9.95. The minimum absolute atomic E-state index is 0.0817. The van der Waals surface area contributed by atoms with Gasteiger partial charge in [-0.05, 0) is 23.8 Å². The van der Waals surface area contributed by atoms with Gasteiger partial charge < -0.3 is 5.32 Å². The van der Waals surface area contributed by atoms with Gasteiger partial charge in [0.05, 0.1) is 17.5 Å². The molecule has 0 unspecified atom stereocenters. The summed E-state index contributed by atoms with van der Waals surface area (Å²) in [6.45, 7) is 0.746. The van der Waals surface area contributed by atoms with Crippen LogP contribution in [0.5, 0.6) is 0 Å². The van der Waals surface area contributed by atoms with E-state index in [0.717, 1.165) is 0 Å². The summed E-state index contributed by atoms with van der Waals surface area (Å²) in [4.78, 5) is 1.25. The highest BCUT2D eigenvalue weighted by atomic mass is 19.4. The molecule has 1 aliphatic rings. The van der Waals surface area contributed by atoms with Crippen molar-refractivity contribution >= 4 is 0 Å². The zero-order chi connectivity index (χ0) is 19.8. The zero-order valence-corrected chi connectivity index (χ0v) is 13.2. The number of benzene rings is 1. The van der Waals surface area contributed by atoms with Crippen molar-refractivity contribution in [2.45, 2.75) is 31.0 Å². The van der Waals surface area contributed by atoms with Crippen LogP contribution in [0.2, 0.25) is 0 Å². The number of halogens is 9. The lowest BCUT2D eigenvalue weighted by Crippen LogP contribution is -2.46. The minimum Gasteiger partial charge on any atom is -0.314 e. The standard InChI is InChI=1S/C15H15F9N2/c16-13(17,18)8-12(26-3-1-25-2-4-26)9-5-10(14(19,20)21)7-11(6-9)15(22,23)24/h5-7,12,25H,1-4,8H2/t12-/m0/s1. The van der Waals surface area contributed by atoms with E-state index in [1.54, 1.807) is 0 Å². The molecule has 0 spiro atoms. The summed E-state index contributed by atoms with van der Waals surface area (Å²) >= 11 is 0. The van der Waals surface area contributed by atoms with E-state index in [1.165, 1.54) is 4.90 Å². The van der Waals surface area contributed by atoms with Crippen LogP contribution in [0.3, 0.4) is 0 Å². The second-order valence-corrected chi connectivity index (χ2v) is 5.96. The molecular formula is C15H15F9N2. The fraction of sp³-hybridized carbons (Fsp3) is 0.600. The third-order valence-corrected chi connectivity index (χ3v) is 4.01. The van der Waals surface area contributed by atoms with E-state index in [-0.39, 0.29) is 19.2 Å². The molecule has 2 rings (SSSR count). The van der Waals surface area contributed by atoms with Crippen LogP contribution in [0, 0.1) is 0 Å². The van der Waals surface area contributed by atoms with Gasteiger partial charge in [0.2, 0.25) is 0 Å². The molecule has 1 aliphatic heterocycles. The Bertz CT molecular complexity index is 581. The molecule has 1 atom stereocenters. The highest BCUT2D eigenvalue weighted by Crippen LogP contribution is 2.41. The van der Waals surface area contributed by atoms with Crippen molar-refractivity contribution in [3.8, 4) is 0 Å². The monoisotopic (exact) mass is 394 g/mol. The number of nitrogens with zero attached hydrogens (tertiary/aromatic N) is 1. The molecule has 1 saturated heterocycles. The number of nitrogens with one attached hydrogen (secondary N) is 1. The van der Waals surface area contributed by atoms with Crippen molar-refractivity contribution in [2.24, 2.45) is 0 Å². The van der Waals surface area contributed by atoms with E-state index in [1.807, 2.05) is 0 Å². The van der Waals surface area contributed by atoms with Crippen LogP contribution in [0.4, 0.5) is 39.5 Å². The Balaban J connectivity index is 2.54. The molecule has 1 N–H and O–H groups in total. The van der Waals surface area contributed by atoms with Gasteiger partial charge in [-0.25, -0.2) is 0 Å². The molecule has 0 aromatic heterocycles.